The molecule has 0 amide bonds. The molecule has 0 aliphatic carbocycles. The molecule has 0 radical (unpaired) electrons. The summed E-state index contributed by atoms with van der Waals surface area (Å²) in [6.45, 7) is 2.86. The van der Waals surface area contributed by atoms with Crippen molar-refractivity contribution in [3.63, 3.8) is 0 Å². The number of benzene rings is 1. The van der Waals surface area contributed by atoms with Crippen LogP contribution in [0.4, 0.5) is 0 Å². The van der Waals surface area contributed by atoms with E-state index >= 15 is 0 Å². The van der Waals surface area contributed by atoms with Crippen LogP contribution in [-0.4, -0.2) is 39.7 Å². The lowest BCUT2D eigenvalue weighted by Gasteiger charge is -2.08. The summed E-state index contributed by atoms with van der Waals surface area (Å²) in [5.41, 5.74) is 1.07. The summed E-state index contributed by atoms with van der Waals surface area (Å²) in [5.74, 6) is 0.633. The predicted molar refractivity (Wildman–Crippen MR) is 74.0 cm³/mol. The summed E-state index contributed by atoms with van der Waals surface area (Å²) in [6, 6.07) is 6.99. The molecule has 5 heteroatoms. The lowest BCUT2D eigenvalue weighted by Crippen LogP contribution is -2.13. The van der Waals surface area contributed by atoms with Crippen LogP contribution in [0.1, 0.15) is 12.0 Å². The van der Waals surface area contributed by atoms with Crippen molar-refractivity contribution < 1.29 is 8.42 Å². The monoisotopic (exact) mass is 273 g/mol. The Balaban J connectivity index is 2.54. The normalized spacial score (nSPS) is 12.0. The Morgan fingerprint density at radius 3 is 2.29 bits per heavy atom. The highest BCUT2D eigenvalue weighted by Crippen LogP contribution is 2.23. The van der Waals surface area contributed by atoms with Gasteiger partial charge < -0.3 is 4.90 Å². The summed E-state index contributed by atoms with van der Waals surface area (Å²) in [5, 5.41) is 0. The Kier molecular flexibility index (Phi) is 5.49. The van der Waals surface area contributed by atoms with E-state index in [1.807, 2.05) is 33.2 Å². The maximum atomic E-state index is 11.9. The highest BCUT2D eigenvalue weighted by Gasteiger charge is 2.14. The maximum absolute atomic E-state index is 11.9. The van der Waals surface area contributed by atoms with Gasteiger partial charge in [-0.1, -0.05) is 17.7 Å². The zero-order chi connectivity index (χ0) is 12.9. The van der Waals surface area contributed by atoms with Gasteiger partial charge >= 0.3 is 0 Å². The molecule has 1 aromatic rings. The SMILES string of the molecule is Cc1ccc(S(=O)(=O)SCCCN(C)C)cc1. The number of hydrogen-bond donors (Lipinski definition) is 0. The topological polar surface area (TPSA) is 37.4 Å². The third-order valence-corrected chi connectivity index (χ3v) is 5.92. The smallest absolute Gasteiger partial charge is 0.229 e. The molecule has 96 valence electrons. The van der Waals surface area contributed by atoms with Crippen LogP contribution in [0.15, 0.2) is 29.2 Å². The van der Waals surface area contributed by atoms with Crippen LogP contribution in [0.2, 0.25) is 0 Å². The van der Waals surface area contributed by atoms with Gasteiger partial charge in [0.15, 0.2) is 0 Å². The van der Waals surface area contributed by atoms with E-state index in [-0.39, 0.29) is 0 Å². The quantitative estimate of drug-likeness (QED) is 0.589. The standard InChI is InChI=1S/C12H19NO2S2/c1-11-5-7-12(8-6-11)17(14,15)16-10-4-9-13(2)3/h5-8H,4,9-10H2,1-3H3. The van der Waals surface area contributed by atoms with Gasteiger partial charge in [0.1, 0.15) is 0 Å². The fraction of sp³-hybridized carbons (Fsp3) is 0.500. The van der Waals surface area contributed by atoms with Gasteiger partial charge in [-0.05, 0) is 56.9 Å². The van der Waals surface area contributed by atoms with Crippen LogP contribution in [0, 0.1) is 6.92 Å². The zero-order valence-corrected chi connectivity index (χ0v) is 12.1. The van der Waals surface area contributed by atoms with Gasteiger partial charge in [0.05, 0.1) is 4.90 Å². The highest BCUT2D eigenvalue weighted by molar-refractivity contribution is 8.72. The van der Waals surface area contributed by atoms with E-state index in [0.29, 0.717) is 10.6 Å². The maximum Gasteiger partial charge on any atom is 0.229 e. The van der Waals surface area contributed by atoms with Crippen LogP contribution in [0.25, 0.3) is 0 Å². The molecule has 0 aromatic heterocycles. The van der Waals surface area contributed by atoms with Crippen molar-refractivity contribution in [2.45, 2.75) is 18.2 Å². The molecule has 0 N–H and O–H groups in total. The number of nitrogens with zero attached hydrogens (tertiary/aromatic N) is 1. The predicted octanol–water partition coefficient (Wildman–Crippen LogP) is 2.37. The Labute approximate surface area is 108 Å². The van der Waals surface area contributed by atoms with E-state index in [1.54, 1.807) is 12.1 Å². The lowest BCUT2D eigenvalue weighted by atomic mass is 10.2. The average Bonchev–Trinajstić information content (AvgIpc) is 2.25. The Morgan fingerprint density at radius 2 is 1.76 bits per heavy atom. The molecule has 0 heterocycles. The molecule has 0 atom stereocenters. The van der Waals surface area contributed by atoms with Crippen molar-refractivity contribution in [2.75, 3.05) is 26.4 Å². The van der Waals surface area contributed by atoms with Gasteiger partial charge in [-0.3, -0.25) is 0 Å². The molecular formula is C12H19NO2S2. The molecular weight excluding hydrogens is 254 g/mol. The van der Waals surface area contributed by atoms with Gasteiger partial charge in [0, 0.05) is 5.75 Å². The lowest BCUT2D eigenvalue weighted by molar-refractivity contribution is 0.410. The van der Waals surface area contributed by atoms with Crippen molar-refractivity contribution in [2.24, 2.45) is 0 Å². The van der Waals surface area contributed by atoms with Crippen molar-refractivity contribution in [3.05, 3.63) is 29.8 Å². The van der Waals surface area contributed by atoms with Crippen LogP contribution in [0.3, 0.4) is 0 Å². The molecule has 17 heavy (non-hydrogen) atoms. The number of hydrogen-bond acceptors (Lipinski definition) is 4. The van der Waals surface area contributed by atoms with E-state index < -0.39 is 8.87 Å². The minimum atomic E-state index is -3.18. The zero-order valence-electron chi connectivity index (χ0n) is 10.5. The highest BCUT2D eigenvalue weighted by atomic mass is 33.1. The Morgan fingerprint density at radius 1 is 1.18 bits per heavy atom. The largest absolute Gasteiger partial charge is 0.309 e. The summed E-state index contributed by atoms with van der Waals surface area (Å²) in [7, 11) is 1.82. The molecule has 0 saturated carbocycles. The molecule has 3 nitrogen and oxygen atoms in total. The molecule has 0 spiro atoms. The summed E-state index contributed by atoms with van der Waals surface area (Å²) in [6.07, 6.45) is 0.878. The van der Waals surface area contributed by atoms with Gasteiger partial charge in [-0.2, -0.15) is 0 Å². The first-order valence-corrected chi connectivity index (χ1v) is 8.51. The van der Waals surface area contributed by atoms with Crippen molar-refractivity contribution in [3.8, 4) is 0 Å². The molecule has 0 saturated heterocycles. The molecule has 1 aromatic carbocycles. The van der Waals surface area contributed by atoms with Crippen LogP contribution in [0.5, 0.6) is 0 Å². The summed E-state index contributed by atoms with van der Waals surface area (Å²) >= 11 is 0. The number of aryl methyl sites for hydroxylation is 1. The fourth-order valence-electron chi connectivity index (χ4n) is 1.32. The first-order valence-electron chi connectivity index (χ1n) is 5.52. The summed E-state index contributed by atoms with van der Waals surface area (Å²) < 4.78 is 23.9. The number of rotatable bonds is 6. The molecule has 0 aliphatic rings. The van der Waals surface area contributed by atoms with E-state index in [0.717, 1.165) is 29.3 Å². The second kappa shape index (κ2) is 6.42. The van der Waals surface area contributed by atoms with Gasteiger partial charge in [0.2, 0.25) is 8.87 Å². The van der Waals surface area contributed by atoms with Gasteiger partial charge in [-0.15, -0.1) is 0 Å². The van der Waals surface area contributed by atoms with Crippen molar-refractivity contribution >= 4 is 19.7 Å². The minimum Gasteiger partial charge on any atom is -0.309 e. The van der Waals surface area contributed by atoms with Crippen molar-refractivity contribution in [1.29, 1.82) is 0 Å². The molecule has 0 unspecified atom stereocenters. The minimum absolute atomic E-state index is 0.401. The van der Waals surface area contributed by atoms with E-state index in [1.165, 1.54) is 0 Å². The molecule has 0 aliphatic heterocycles. The first-order chi connectivity index (χ1) is 7.92. The molecule has 0 bridgehead atoms. The van der Waals surface area contributed by atoms with Crippen LogP contribution >= 0.6 is 10.8 Å². The van der Waals surface area contributed by atoms with Gasteiger partial charge in [0.25, 0.3) is 0 Å². The fourth-order valence-corrected chi connectivity index (χ4v) is 4.15. The van der Waals surface area contributed by atoms with E-state index in [4.69, 9.17) is 0 Å². The molecule has 1 rings (SSSR count). The second-order valence-corrected chi connectivity index (χ2v) is 8.29. The average molecular weight is 273 g/mol. The third kappa shape index (κ3) is 5.10. The van der Waals surface area contributed by atoms with Crippen LogP contribution < -0.4 is 0 Å². The van der Waals surface area contributed by atoms with E-state index in [9.17, 15) is 8.42 Å². The Bertz CT molecular complexity index is 438. The Hall–Kier alpha value is -0.520. The van der Waals surface area contributed by atoms with E-state index in [2.05, 4.69) is 4.90 Å². The van der Waals surface area contributed by atoms with Gasteiger partial charge in [-0.25, -0.2) is 8.42 Å². The summed E-state index contributed by atoms with van der Waals surface area (Å²) in [4.78, 5) is 2.46. The van der Waals surface area contributed by atoms with Crippen LogP contribution in [-0.2, 0) is 8.87 Å². The second-order valence-electron chi connectivity index (χ2n) is 4.25. The molecule has 0 fully saturated rings. The third-order valence-electron chi connectivity index (χ3n) is 2.30. The first kappa shape index (κ1) is 14.5. The van der Waals surface area contributed by atoms with Crippen molar-refractivity contribution in [1.82, 2.24) is 4.90 Å².